The molecule has 0 saturated heterocycles. The summed E-state index contributed by atoms with van der Waals surface area (Å²) in [7, 11) is 0. The average molecular weight is 305 g/mol. The van der Waals surface area contributed by atoms with E-state index in [2.05, 4.69) is 24.1 Å². The van der Waals surface area contributed by atoms with Crippen LogP contribution in [0.25, 0.3) is 0 Å². The van der Waals surface area contributed by atoms with Crippen LogP contribution in [0.2, 0.25) is 5.02 Å². The topological polar surface area (TPSA) is 34.1 Å². The van der Waals surface area contributed by atoms with Crippen molar-refractivity contribution in [2.75, 3.05) is 6.54 Å². The molecule has 0 amide bonds. The highest BCUT2D eigenvalue weighted by Crippen LogP contribution is 2.14. The first-order chi connectivity index (χ1) is 10.1. The van der Waals surface area contributed by atoms with Crippen LogP contribution < -0.4 is 10.1 Å². The fraction of sp³-hybridized carbons (Fsp3) is 0.353. The van der Waals surface area contributed by atoms with Gasteiger partial charge in [0.2, 0.25) is 5.88 Å². The van der Waals surface area contributed by atoms with Crippen LogP contribution in [0.5, 0.6) is 5.88 Å². The second-order valence-electron chi connectivity index (χ2n) is 5.45. The maximum atomic E-state index is 5.94. The molecule has 3 nitrogen and oxygen atoms in total. The van der Waals surface area contributed by atoms with E-state index in [0.29, 0.717) is 18.4 Å². The summed E-state index contributed by atoms with van der Waals surface area (Å²) in [5.41, 5.74) is 2.19. The van der Waals surface area contributed by atoms with Crippen molar-refractivity contribution in [1.82, 2.24) is 10.3 Å². The Morgan fingerprint density at radius 1 is 1.19 bits per heavy atom. The predicted octanol–water partition coefficient (Wildman–Crippen LogP) is 4.06. The lowest BCUT2D eigenvalue weighted by atomic mass is 10.2. The van der Waals surface area contributed by atoms with Gasteiger partial charge in [-0.1, -0.05) is 43.6 Å². The van der Waals surface area contributed by atoms with Crippen LogP contribution in [0.1, 0.15) is 25.0 Å². The number of hydrogen-bond acceptors (Lipinski definition) is 3. The summed E-state index contributed by atoms with van der Waals surface area (Å²) in [6.07, 6.45) is 1.85. The zero-order valence-corrected chi connectivity index (χ0v) is 13.2. The SMILES string of the molecule is CC(C)CNCc1ccc(OCc2cccc(Cl)c2)nc1. The number of ether oxygens (including phenoxy) is 1. The van der Waals surface area contributed by atoms with Gasteiger partial charge in [0, 0.05) is 23.8 Å². The normalized spacial score (nSPS) is 10.9. The third-order valence-corrected chi connectivity index (χ3v) is 3.19. The molecule has 1 aromatic heterocycles. The second-order valence-corrected chi connectivity index (χ2v) is 5.88. The molecule has 21 heavy (non-hydrogen) atoms. The number of aromatic nitrogens is 1. The Kier molecular flexibility index (Phi) is 6.03. The van der Waals surface area contributed by atoms with E-state index in [1.165, 1.54) is 0 Å². The molecule has 1 N–H and O–H groups in total. The Balaban J connectivity index is 1.82. The quantitative estimate of drug-likeness (QED) is 0.837. The van der Waals surface area contributed by atoms with Crippen molar-refractivity contribution in [1.29, 1.82) is 0 Å². The third-order valence-electron chi connectivity index (χ3n) is 2.96. The van der Waals surface area contributed by atoms with Crippen LogP contribution in [0.4, 0.5) is 0 Å². The van der Waals surface area contributed by atoms with E-state index in [4.69, 9.17) is 16.3 Å². The smallest absolute Gasteiger partial charge is 0.213 e. The highest BCUT2D eigenvalue weighted by atomic mass is 35.5. The molecule has 2 rings (SSSR count). The van der Waals surface area contributed by atoms with Gasteiger partial charge in [-0.25, -0.2) is 4.98 Å². The summed E-state index contributed by atoms with van der Waals surface area (Å²) in [6, 6.07) is 11.6. The van der Waals surface area contributed by atoms with E-state index in [9.17, 15) is 0 Å². The van der Waals surface area contributed by atoms with E-state index >= 15 is 0 Å². The van der Waals surface area contributed by atoms with Gasteiger partial charge in [0.05, 0.1) is 0 Å². The number of rotatable bonds is 7. The van der Waals surface area contributed by atoms with Crippen LogP contribution in [0.15, 0.2) is 42.6 Å². The highest BCUT2D eigenvalue weighted by molar-refractivity contribution is 6.30. The number of nitrogens with zero attached hydrogens (tertiary/aromatic N) is 1. The van der Waals surface area contributed by atoms with Crippen molar-refractivity contribution in [2.24, 2.45) is 5.92 Å². The molecule has 1 heterocycles. The van der Waals surface area contributed by atoms with Crippen LogP contribution in [-0.2, 0) is 13.2 Å². The van der Waals surface area contributed by atoms with Gasteiger partial charge < -0.3 is 10.1 Å². The van der Waals surface area contributed by atoms with E-state index < -0.39 is 0 Å². The molecule has 1 aromatic carbocycles. The van der Waals surface area contributed by atoms with Gasteiger partial charge in [0.1, 0.15) is 6.61 Å². The Bertz CT molecular complexity index is 555. The first-order valence-electron chi connectivity index (χ1n) is 7.16. The summed E-state index contributed by atoms with van der Waals surface area (Å²) in [5.74, 6) is 1.28. The molecule has 0 aliphatic heterocycles. The van der Waals surface area contributed by atoms with Gasteiger partial charge in [-0.2, -0.15) is 0 Å². The second kappa shape index (κ2) is 8.01. The lowest BCUT2D eigenvalue weighted by Crippen LogP contribution is -2.18. The summed E-state index contributed by atoms with van der Waals surface area (Å²) < 4.78 is 5.65. The van der Waals surface area contributed by atoms with Crippen molar-refractivity contribution in [2.45, 2.75) is 27.0 Å². The maximum Gasteiger partial charge on any atom is 0.213 e. The molecule has 0 saturated carbocycles. The third kappa shape index (κ3) is 5.74. The Hall–Kier alpha value is -1.58. The minimum Gasteiger partial charge on any atom is -0.473 e. The van der Waals surface area contributed by atoms with Crippen LogP contribution in [0.3, 0.4) is 0 Å². The number of pyridine rings is 1. The Morgan fingerprint density at radius 2 is 2.05 bits per heavy atom. The molecule has 0 aliphatic rings. The molecule has 112 valence electrons. The van der Waals surface area contributed by atoms with E-state index in [-0.39, 0.29) is 0 Å². The molecule has 0 atom stereocenters. The van der Waals surface area contributed by atoms with Crippen molar-refractivity contribution >= 4 is 11.6 Å². The summed E-state index contributed by atoms with van der Waals surface area (Å²) in [5, 5.41) is 4.11. The first kappa shape index (κ1) is 15.8. The molecule has 0 unspecified atom stereocenters. The number of hydrogen-bond donors (Lipinski definition) is 1. The summed E-state index contributed by atoms with van der Waals surface area (Å²) >= 11 is 5.94. The van der Waals surface area contributed by atoms with Gasteiger partial charge in [0.25, 0.3) is 0 Å². The van der Waals surface area contributed by atoms with Gasteiger partial charge in [0.15, 0.2) is 0 Å². The highest BCUT2D eigenvalue weighted by Gasteiger charge is 2.00. The van der Waals surface area contributed by atoms with Crippen molar-refractivity contribution < 1.29 is 4.74 Å². The number of benzene rings is 1. The molecular formula is C17H21ClN2O. The summed E-state index contributed by atoms with van der Waals surface area (Å²) in [6.45, 7) is 6.70. The lowest BCUT2D eigenvalue weighted by Gasteiger charge is -2.08. The van der Waals surface area contributed by atoms with Crippen molar-refractivity contribution in [3.63, 3.8) is 0 Å². The van der Waals surface area contributed by atoms with Gasteiger partial charge in [-0.3, -0.25) is 0 Å². The maximum absolute atomic E-state index is 5.94. The Morgan fingerprint density at radius 3 is 2.71 bits per heavy atom. The minimum absolute atomic E-state index is 0.471. The number of halogens is 1. The Labute approximate surface area is 131 Å². The molecule has 0 bridgehead atoms. The average Bonchev–Trinajstić information content (AvgIpc) is 2.46. The molecular weight excluding hydrogens is 284 g/mol. The molecule has 0 radical (unpaired) electrons. The van der Waals surface area contributed by atoms with E-state index in [0.717, 1.165) is 29.2 Å². The molecule has 2 aromatic rings. The molecule has 0 spiro atoms. The molecule has 0 fully saturated rings. The van der Waals surface area contributed by atoms with Crippen molar-refractivity contribution in [3.05, 3.63) is 58.7 Å². The molecule has 4 heteroatoms. The van der Waals surface area contributed by atoms with Crippen LogP contribution >= 0.6 is 11.6 Å². The van der Waals surface area contributed by atoms with E-state index in [1.54, 1.807) is 0 Å². The predicted molar refractivity (Wildman–Crippen MR) is 86.6 cm³/mol. The van der Waals surface area contributed by atoms with Crippen LogP contribution in [-0.4, -0.2) is 11.5 Å². The first-order valence-corrected chi connectivity index (χ1v) is 7.54. The van der Waals surface area contributed by atoms with Crippen LogP contribution in [0, 0.1) is 5.92 Å². The molecule has 0 aliphatic carbocycles. The zero-order valence-electron chi connectivity index (χ0n) is 12.5. The fourth-order valence-corrected chi connectivity index (χ4v) is 2.10. The largest absolute Gasteiger partial charge is 0.473 e. The van der Waals surface area contributed by atoms with E-state index in [1.807, 2.05) is 42.6 Å². The van der Waals surface area contributed by atoms with Gasteiger partial charge >= 0.3 is 0 Å². The minimum atomic E-state index is 0.471. The fourth-order valence-electron chi connectivity index (χ4n) is 1.89. The lowest BCUT2D eigenvalue weighted by molar-refractivity contribution is 0.293. The number of nitrogens with one attached hydrogen (secondary N) is 1. The van der Waals surface area contributed by atoms with Crippen molar-refractivity contribution in [3.8, 4) is 5.88 Å². The monoisotopic (exact) mass is 304 g/mol. The van der Waals surface area contributed by atoms with Gasteiger partial charge in [-0.15, -0.1) is 0 Å². The summed E-state index contributed by atoms with van der Waals surface area (Å²) in [4.78, 5) is 4.32. The zero-order chi connectivity index (χ0) is 15.1. The standard InChI is InChI=1S/C17H21ClN2O/c1-13(2)9-19-10-15-6-7-17(20-11-15)21-12-14-4-3-5-16(18)8-14/h3-8,11,13,19H,9-10,12H2,1-2H3. The van der Waals surface area contributed by atoms with Gasteiger partial charge in [-0.05, 0) is 35.7 Å².